The molecule has 2 nitrogen and oxygen atoms in total. The maximum absolute atomic E-state index is 3.67. The van der Waals surface area contributed by atoms with Crippen LogP contribution in [0.15, 0.2) is 30.3 Å². The van der Waals surface area contributed by atoms with E-state index in [1.54, 1.807) is 0 Å². The van der Waals surface area contributed by atoms with Gasteiger partial charge in [0.05, 0.1) is 0 Å². The highest BCUT2D eigenvalue weighted by Crippen LogP contribution is 2.13. The van der Waals surface area contributed by atoms with Crippen LogP contribution in [-0.2, 0) is 0 Å². The van der Waals surface area contributed by atoms with Crippen LogP contribution in [0.3, 0.4) is 0 Å². The lowest BCUT2D eigenvalue weighted by Crippen LogP contribution is -2.39. The maximum atomic E-state index is 3.67. The lowest BCUT2D eigenvalue weighted by atomic mass is 10.0. The average molecular weight is 246 g/mol. The van der Waals surface area contributed by atoms with E-state index in [9.17, 15) is 0 Å². The smallest absolute Gasteiger partial charge is 0.0166 e. The topological polar surface area (TPSA) is 15.3 Å². The van der Waals surface area contributed by atoms with Crippen molar-refractivity contribution in [1.82, 2.24) is 10.2 Å². The number of nitrogens with zero attached hydrogens (tertiary/aromatic N) is 1. The van der Waals surface area contributed by atoms with Gasteiger partial charge in [-0.1, -0.05) is 37.3 Å². The molecule has 1 saturated heterocycles. The first-order valence-corrected chi connectivity index (χ1v) is 7.26. The number of nitrogens with one attached hydrogen (secondary N) is 1. The summed E-state index contributed by atoms with van der Waals surface area (Å²) < 4.78 is 0. The number of likely N-dealkylation sites (tertiary alicyclic amines) is 1. The summed E-state index contributed by atoms with van der Waals surface area (Å²) in [5.74, 6) is 0.590. The number of hydrogen-bond donors (Lipinski definition) is 1. The van der Waals surface area contributed by atoms with E-state index in [4.69, 9.17) is 0 Å². The van der Waals surface area contributed by atoms with Crippen molar-refractivity contribution in [2.75, 3.05) is 26.2 Å². The summed E-state index contributed by atoms with van der Waals surface area (Å²) in [5.41, 5.74) is 1.43. The third kappa shape index (κ3) is 4.11. The van der Waals surface area contributed by atoms with Crippen molar-refractivity contribution in [3.8, 4) is 0 Å². The lowest BCUT2D eigenvalue weighted by molar-refractivity contribution is 0.297. The summed E-state index contributed by atoms with van der Waals surface area (Å²) in [6.07, 6.45) is 2.76. The molecule has 2 rings (SSSR count). The molecule has 2 heteroatoms. The van der Waals surface area contributed by atoms with Gasteiger partial charge in [-0.2, -0.15) is 0 Å². The molecule has 1 N–H and O–H groups in total. The van der Waals surface area contributed by atoms with Crippen molar-refractivity contribution in [2.45, 2.75) is 38.6 Å². The molecule has 0 amide bonds. The molecule has 2 unspecified atom stereocenters. The van der Waals surface area contributed by atoms with Crippen LogP contribution < -0.4 is 5.32 Å². The molecule has 0 bridgehead atoms. The second-order valence-corrected chi connectivity index (χ2v) is 5.63. The van der Waals surface area contributed by atoms with Crippen LogP contribution in [0.1, 0.15) is 38.2 Å². The fraction of sp³-hybridized carbons (Fsp3) is 0.625. The van der Waals surface area contributed by atoms with Gasteiger partial charge in [0.1, 0.15) is 0 Å². The Labute approximate surface area is 111 Å². The van der Waals surface area contributed by atoms with Crippen molar-refractivity contribution < 1.29 is 0 Å². The molecule has 18 heavy (non-hydrogen) atoms. The maximum Gasteiger partial charge on any atom is 0.0166 e. The second kappa shape index (κ2) is 6.91. The van der Waals surface area contributed by atoms with Crippen LogP contribution in [0.2, 0.25) is 0 Å². The molecule has 1 aromatic rings. The minimum absolute atomic E-state index is 0.590. The second-order valence-electron chi connectivity index (χ2n) is 5.63. The first-order valence-electron chi connectivity index (χ1n) is 7.26. The van der Waals surface area contributed by atoms with E-state index in [-0.39, 0.29) is 0 Å². The zero-order valence-corrected chi connectivity index (χ0v) is 11.7. The first kappa shape index (κ1) is 13.6. The number of benzene rings is 1. The van der Waals surface area contributed by atoms with Crippen molar-refractivity contribution in [3.63, 3.8) is 0 Å². The van der Waals surface area contributed by atoms with Crippen LogP contribution in [-0.4, -0.2) is 37.1 Å². The molecule has 0 saturated carbocycles. The molecule has 1 heterocycles. The monoisotopic (exact) mass is 246 g/mol. The van der Waals surface area contributed by atoms with E-state index >= 15 is 0 Å². The van der Waals surface area contributed by atoms with Crippen LogP contribution >= 0.6 is 0 Å². The standard InChI is InChI=1S/C16H26N2/c1-14(16-8-4-3-5-9-16)12-17-15(2)13-18-10-6-7-11-18/h3-5,8-9,14-15,17H,6-7,10-13H2,1-2H3. The Balaban J connectivity index is 1.70. The minimum atomic E-state index is 0.590. The first-order chi connectivity index (χ1) is 8.75. The summed E-state index contributed by atoms with van der Waals surface area (Å²) in [6, 6.07) is 11.4. The summed E-state index contributed by atoms with van der Waals surface area (Å²) >= 11 is 0. The molecule has 0 spiro atoms. The van der Waals surface area contributed by atoms with Gasteiger partial charge >= 0.3 is 0 Å². The normalized spacial score (nSPS) is 19.9. The molecule has 100 valence electrons. The Morgan fingerprint density at radius 1 is 1.11 bits per heavy atom. The fourth-order valence-corrected chi connectivity index (χ4v) is 2.69. The van der Waals surface area contributed by atoms with Gasteiger partial charge in [-0.05, 0) is 44.3 Å². The molecule has 1 fully saturated rings. The Kier molecular flexibility index (Phi) is 5.21. The Bertz CT molecular complexity index is 330. The summed E-state index contributed by atoms with van der Waals surface area (Å²) in [7, 11) is 0. The van der Waals surface area contributed by atoms with Crippen LogP contribution in [0.25, 0.3) is 0 Å². The Morgan fingerprint density at radius 2 is 1.78 bits per heavy atom. The van der Waals surface area contributed by atoms with Gasteiger partial charge < -0.3 is 10.2 Å². The zero-order valence-electron chi connectivity index (χ0n) is 11.7. The van der Waals surface area contributed by atoms with E-state index < -0.39 is 0 Å². The van der Waals surface area contributed by atoms with Gasteiger partial charge in [-0.3, -0.25) is 0 Å². The van der Waals surface area contributed by atoms with Gasteiger partial charge in [0.15, 0.2) is 0 Å². The van der Waals surface area contributed by atoms with Gasteiger partial charge in [0.25, 0.3) is 0 Å². The molecule has 0 aliphatic carbocycles. The summed E-state index contributed by atoms with van der Waals surface area (Å²) in [6.45, 7) is 9.45. The molecule has 0 aromatic heterocycles. The summed E-state index contributed by atoms with van der Waals surface area (Å²) in [4.78, 5) is 2.57. The third-order valence-electron chi connectivity index (χ3n) is 3.87. The SMILES string of the molecule is CC(CN1CCCC1)NCC(C)c1ccccc1. The zero-order chi connectivity index (χ0) is 12.8. The van der Waals surface area contributed by atoms with E-state index in [2.05, 4.69) is 54.4 Å². The number of hydrogen-bond acceptors (Lipinski definition) is 2. The predicted octanol–water partition coefficient (Wildman–Crippen LogP) is 2.86. The van der Waals surface area contributed by atoms with E-state index in [0.717, 1.165) is 6.54 Å². The van der Waals surface area contributed by atoms with E-state index in [1.165, 1.54) is 38.0 Å². The van der Waals surface area contributed by atoms with Crippen molar-refractivity contribution in [1.29, 1.82) is 0 Å². The van der Waals surface area contributed by atoms with Crippen molar-refractivity contribution >= 4 is 0 Å². The molecule has 1 aliphatic heterocycles. The number of rotatable bonds is 6. The molecule has 1 aliphatic rings. The lowest BCUT2D eigenvalue weighted by Gasteiger charge is -2.23. The quantitative estimate of drug-likeness (QED) is 0.830. The van der Waals surface area contributed by atoms with Gasteiger partial charge in [0.2, 0.25) is 0 Å². The molecule has 0 radical (unpaired) electrons. The Hall–Kier alpha value is -0.860. The summed E-state index contributed by atoms with van der Waals surface area (Å²) in [5, 5.41) is 3.67. The van der Waals surface area contributed by atoms with Crippen LogP contribution in [0.5, 0.6) is 0 Å². The highest BCUT2D eigenvalue weighted by molar-refractivity contribution is 5.18. The van der Waals surface area contributed by atoms with Crippen LogP contribution in [0.4, 0.5) is 0 Å². The highest BCUT2D eigenvalue weighted by Gasteiger charge is 2.14. The third-order valence-corrected chi connectivity index (χ3v) is 3.87. The predicted molar refractivity (Wildman–Crippen MR) is 78.0 cm³/mol. The van der Waals surface area contributed by atoms with Gasteiger partial charge in [-0.15, -0.1) is 0 Å². The highest BCUT2D eigenvalue weighted by atomic mass is 15.2. The van der Waals surface area contributed by atoms with Gasteiger partial charge in [-0.25, -0.2) is 0 Å². The van der Waals surface area contributed by atoms with Gasteiger partial charge in [0, 0.05) is 19.1 Å². The minimum Gasteiger partial charge on any atom is -0.312 e. The molecular formula is C16H26N2. The van der Waals surface area contributed by atoms with E-state index in [1.807, 2.05) is 0 Å². The fourth-order valence-electron chi connectivity index (χ4n) is 2.69. The Morgan fingerprint density at radius 3 is 2.44 bits per heavy atom. The van der Waals surface area contributed by atoms with Crippen LogP contribution in [0, 0.1) is 0 Å². The average Bonchev–Trinajstić information content (AvgIpc) is 2.90. The molecule has 2 atom stereocenters. The molecule has 1 aromatic carbocycles. The molecular weight excluding hydrogens is 220 g/mol. The van der Waals surface area contributed by atoms with Crippen molar-refractivity contribution in [3.05, 3.63) is 35.9 Å². The van der Waals surface area contributed by atoms with Crippen molar-refractivity contribution in [2.24, 2.45) is 0 Å². The largest absolute Gasteiger partial charge is 0.312 e. The van der Waals surface area contributed by atoms with E-state index in [0.29, 0.717) is 12.0 Å².